The van der Waals surface area contributed by atoms with Gasteiger partial charge in [0.2, 0.25) is 0 Å². The van der Waals surface area contributed by atoms with Crippen molar-refractivity contribution in [2.45, 2.75) is 9.79 Å². The van der Waals surface area contributed by atoms with Crippen LogP contribution in [0.2, 0.25) is 0 Å². The van der Waals surface area contributed by atoms with Gasteiger partial charge in [-0.2, -0.15) is 0 Å². The lowest BCUT2D eigenvalue weighted by Crippen LogP contribution is -1.98. The van der Waals surface area contributed by atoms with Gasteiger partial charge in [-0.1, -0.05) is 103 Å². The molecule has 9 rings (SSSR count). The topological polar surface area (TPSA) is 47.9 Å². The number of para-hydroxylation sites is 1. The van der Waals surface area contributed by atoms with Crippen molar-refractivity contribution in [1.29, 1.82) is 0 Å². The second-order valence-corrected chi connectivity index (χ2v) is 12.0. The fraction of sp³-hybridized carbons (Fsp3) is 0. The minimum Gasteiger partial charge on any atom is -0.455 e. The molecule has 0 amide bonds. The summed E-state index contributed by atoms with van der Waals surface area (Å²) in [5.74, 6) is 3.01. The first-order valence-electron chi connectivity index (χ1n) is 14.5. The zero-order chi connectivity index (χ0) is 29.0. The largest absolute Gasteiger partial charge is 0.455 e. The maximum absolute atomic E-state index is 6.12. The molecular formula is C39H23N3OS. The molecule has 7 aromatic carbocycles. The Labute approximate surface area is 258 Å². The van der Waals surface area contributed by atoms with Gasteiger partial charge in [-0.25, -0.2) is 15.0 Å². The van der Waals surface area contributed by atoms with Crippen LogP contribution in [0.5, 0.6) is 11.5 Å². The van der Waals surface area contributed by atoms with Gasteiger partial charge < -0.3 is 4.74 Å². The second kappa shape index (κ2) is 10.0. The van der Waals surface area contributed by atoms with E-state index >= 15 is 0 Å². The van der Waals surface area contributed by atoms with E-state index in [0.29, 0.717) is 11.6 Å². The van der Waals surface area contributed by atoms with Crippen LogP contribution in [-0.2, 0) is 0 Å². The van der Waals surface area contributed by atoms with Crippen LogP contribution in [0, 0.1) is 0 Å². The highest BCUT2D eigenvalue weighted by Crippen LogP contribution is 2.47. The Hall–Kier alpha value is -5.52. The van der Waals surface area contributed by atoms with Crippen molar-refractivity contribution >= 4 is 44.1 Å². The third kappa shape index (κ3) is 4.13. The standard InChI is InChI=1S/C39H23N3OS/c1-2-8-24(9-3-1)25-14-17-30-31-18-15-26(21-33(31)29-11-5-4-10-28(29)32(30)20-25)38-40-23-41-39(42-38)27-16-19-35-37(22-27)44-36-13-7-6-12-34(36)43-35/h1-23H. The summed E-state index contributed by atoms with van der Waals surface area (Å²) in [4.78, 5) is 16.2. The number of hydrogen-bond acceptors (Lipinski definition) is 5. The fourth-order valence-electron chi connectivity index (χ4n) is 6.15. The van der Waals surface area contributed by atoms with Crippen LogP contribution in [0.25, 0.3) is 66.2 Å². The molecule has 0 atom stereocenters. The number of rotatable bonds is 3. The molecule has 1 aromatic heterocycles. The summed E-state index contributed by atoms with van der Waals surface area (Å²) in [7, 11) is 0. The molecule has 44 heavy (non-hydrogen) atoms. The van der Waals surface area contributed by atoms with E-state index < -0.39 is 0 Å². The molecule has 0 radical (unpaired) electrons. The Balaban J connectivity index is 1.14. The molecule has 0 saturated carbocycles. The molecule has 5 heteroatoms. The molecule has 0 fully saturated rings. The van der Waals surface area contributed by atoms with E-state index in [1.54, 1.807) is 18.1 Å². The molecule has 0 N–H and O–H groups in total. The number of fused-ring (bicyclic) bond motifs is 8. The average molecular weight is 582 g/mol. The molecule has 2 heterocycles. The highest BCUT2D eigenvalue weighted by molar-refractivity contribution is 7.99. The third-order valence-electron chi connectivity index (χ3n) is 8.26. The zero-order valence-electron chi connectivity index (χ0n) is 23.4. The molecule has 206 valence electrons. The van der Waals surface area contributed by atoms with E-state index in [1.807, 2.05) is 30.3 Å². The Bertz CT molecular complexity index is 2380. The normalized spacial score (nSPS) is 12.2. The van der Waals surface area contributed by atoms with Crippen LogP contribution in [0.4, 0.5) is 0 Å². The van der Waals surface area contributed by atoms with Crippen molar-refractivity contribution < 1.29 is 4.74 Å². The van der Waals surface area contributed by atoms with Crippen LogP contribution in [-0.4, -0.2) is 15.0 Å². The summed E-state index contributed by atoms with van der Waals surface area (Å²) in [5.41, 5.74) is 4.31. The van der Waals surface area contributed by atoms with E-state index in [9.17, 15) is 0 Å². The van der Waals surface area contributed by atoms with Gasteiger partial charge in [0, 0.05) is 11.1 Å². The highest BCUT2D eigenvalue weighted by atomic mass is 32.2. The van der Waals surface area contributed by atoms with Crippen LogP contribution in [0.3, 0.4) is 0 Å². The maximum atomic E-state index is 6.12. The van der Waals surface area contributed by atoms with Crippen molar-refractivity contribution in [3.8, 4) is 45.4 Å². The summed E-state index contributed by atoms with van der Waals surface area (Å²) < 4.78 is 6.12. The minimum absolute atomic E-state index is 0.633. The van der Waals surface area contributed by atoms with Crippen LogP contribution in [0.1, 0.15) is 0 Å². The van der Waals surface area contributed by atoms with E-state index in [0.717, 1.165) is 32.4 Å². The van der Waals surface area contributed by atoms with Gasteiger partial charge in [0.25, 0.3) is 0 Å². The first-order chi connectivity index (χ1) is 21.8. The molecule has 0 bridgehead atoms. The Morgan fingerprint density at radius 3 is 1.75 bits per heavy atom. The average Bonchev–Trinajstić information content (AvgIpc) is 3.10. The zero-order valence-corrected chi connectivity index (χ0v) is 24.3. The van der Waals surface area contributed by atoms with Crippen molar-refractivity contribution in [1.82, 2.24) is 15.0 Å². The van der Waals surface area contributed by atoms with Crippen molar-refractivity contribution in [2.24, 2.45) is 0 Å². The minimum atomic E-state index is 0.633. The molecular weight excluding hydrogens is 559 g/mol. The van der Waals surface area contributed by atoms with E-state index in [1.165, 1.54) is 43.4 Å². The summed E-state index contributed by atoms with van der Waals surface area (Å²) in [6.07, 6.45) is 1.60. The molecule has 0 saturated heterocycles. The second-order valence-electron chi connectivity index (χ2n) is 10.9. The number of nitrogens with zero attached hydrogens (tertiary/aromatic N) is 3. The molecule has 0 unspecified atom stereocenters. The number of hydrogen-bond donors (Lipinski definition) is 0. The Morgan fingerprint density at radius 2 is 0.977 bits per heavy atom. The number of aromatic nitrogens is 3. The molecule has 1 aliphatic rings. The molecule has 8 aromatic rings. The van der Waals surface area contributed by atoms with Crippen molar-refractivity contribution in [2.75, 3.05) is 0 Å². The fourth-order valence-corrected chi connectivity index (χ4v) is 7.14. The SMILES string of the molecule is c1ccc(-c2ccc3c4ccc(-c5ncnc(-c6ccc7c(c6)Sc6ccccc6O7)n5)cc4c4ccccc4c3c2)cc1. The summed E-state index contributed by atoms with van der Waals surface area (Å²) in [5, 5.41) is 7.32. The lowest BCUT2D eigenvalue weighted by molar-refractivity contribution is 0.454. The lowest BCUT2D eigenvalue weighted by Gasteiger charge is -2.19. The van der Waals surface area contributed by atoms with Gasteiger partial charge in [-0.05, 0) is 85.9 Å². The predicted octanol–water partition coefficient (Wildman–Crippen LogP) is 10.6. The quantitative estimate of drug-likeness (QED) is 0.194. The smallest absolute Gasteiger partial charge is 0.163 e. The highest BCUT2D eigenvalue weighted by Gasteiger charge is 2.19. The summed E-state index contributed by atoms with van der Waals surface area (Å²) in [6.45, 7) is 0. The molecule has 0 aliphatic carbocycles. The van der Waals surface area contributed by atoms with Gasteiger partial charge in [0.15, 0.2) is 11.6 Å². The summed E-state index contributed by atoms with van der Waals surface area (Å²) in [6, 6.07) is 46.7. The maximum Gasteiger partial charge on any atom is 0.163 e. The Morgan fingerprint density at radius 1 is 0.409 bits per heavy atom. The van der Waals surface area contributed by atoms with Gasteiger partial charge in [0.05, 0.1) is 9.79 Å². The summed E-state index contributed by atoms with van der Waals surface area (Å²) >= 11 is 1.70. The van der Waals surface area contributed by atoms with Gasteiger partial charge in [-0.15, -0.1) is 0 Å². The van der Waals surface area contributed by atoms with Crippen molar-refractivity contribution in [3.63, 3.8) is 0 Å². The Kier molecular flexibility index (Phi) is 5.71. The monoisotopic (exact) mass is 581 g/mol. The first-order valence-corrected chi connectivity index (χ1v) is 15.3. The van der Waals surface area contributed by atoms with E-state index in [-0.39, 0.29) is 0 Å². The first kappa shape index (κ1) is 25.0. The van der Waals surface area contributed by atoms with Crippen molar-refractivity contribution in [3.05, 3.63) is 140 Å². The van der Waals surface area contributed by atoms with E-state index in [4.69, 9.17) is 9.72 Å². The lowest BCUT2D eigenvalue weighted by atomic mass is 9.91. The molecule has 4 nitrogen and oxygen atoms in total. The van der Waals surface area contributed by atoms with Gasteiger partial charge in [0.1, 0.15) is 17.8 Å². The molecule has 1 aliphatic heterocycles. The van der Waals surface area contributed by atoms with E-state index in [2.05, 4.69) is 113 Å². The molecule has 0 spiro atoms. The van der Waals surface area contributed by atoms with Gasteiger partial charge >= 0.3 is 0 Å². The van der Waals surface area contributed by atoms with Gasteiger partial charge in [-0.3, -0.25) is 0 Å². The third-order valence-corrected chi connectivity index (χ3v) is 9.36. The number of ether oxygens (including phenoxy) is 1. The van der Waals surface area contributed by atoms with Crippen LogP contribution < -0.4 is 4.74 Å². The number of benzene rings is 7. The van der Waals surface area contributed by atoms with Crippen LogP contribution >= 0.6 is 11.8 Å². The van der Waals surface area contributed by atoms with Crippen LogP contribution in [0.15, 0.2) is 150 Å². The predicted molar refractivity (Wildman–Crippen MR) is 179 cm³/mol.